The molecule has 0 unspecified atom stereocenters. The average Bonchev–Trinajstić information content (AvgIpc) is 2.33. The molecule has 2 heteroatoms. The average molecular weight is 207 g/mol. The Bertz CT molecular complexity index is 272. The van der Waals surface area contributed by atoms with Crippen LogP contribution in [0.2, 0.25) is 0 Å². The third-order valence-corrected chi connectivity index (χ3v) is 3.40. The van der Waals surface area contributed by atoms with Gasteiger partial charge in [-0.2, -0.15) is 0 Å². The van der Waals surface area contributed by atoms with E-state index in [9.17, 15) is 5.11 Å². The van der Waals surface area contributed by atoms with Crippen molar-refractivity contribution in [2.45, 2.75) is 38.3 Å². The SMILES string of the molecule is CCC(CC)(NC)[C@@H](O)c1ccccc1. The first kappa shape index (κ1) is 12.2. The summed E-state index contributed by atoms with van der Waals surface area (Å²) in [6.45, 7) is 4.21. The molecule has 1 atom stereocenters. The fourth-order valence-electron chi connectivity index (χ4n) is 2.08. The topological polar surface area (TPSA) is 32.3 Å². The predicted octanol–water partition coefficient (Wildman–Crippen LogP) is 2.50. The van der Waals surface area contributed by atoms with Crippen LogP contribution in [0.25, 0.3) is 0 Å². The molecule has 0 saturated carbocycles. The van der Waals surface area contributed by atoms with Crippen molar-refractivity contribution in [1.82, 2.24) is 5.32 Å². The van der Waals surface area contributed by atoms with Gasteiger partial charge in [-0.15, -0.1) is 0 Å². The van der Waals surface area contributed by atoms with Crippen molar-refractivity contribution in [1.29, 1.82) is 0 Å². The maximum absolute atomic E-state index is 10.4. The zero-order valence-corrected chi connectivity index (χ0v) is 9.83. The quantitative estimate of drug-likeness (QED) is 0.777. The van der Waals surface area contributed by atoms with Gasteiger partial charge in [-0.25, -0.2) is 0 Å². The van der Waals surface area contributed by atoms with E-state index in [1.54, 1.807) is 0 Å². The summed E-state index contributed by atoms with van der Waals surface area (Å²) in [5.41, 5.74) is 0.775. The molecule has 0 saturated heterocycles. The van der Waals surface area contributed by atoms with Gasteiger partial charge in [0.15, 0.2) is 0 Å². The number of hydrogen-bond acceptors (Lipinski definition) is 2. The first-order valence-corrected chi connectivity index (χ1v) is 5.62. The van der Waals surface area contributed by atoms with Gasteiger partial charge < -0.3 is 10.4 Å². The van der Waals surface area contributed by atoms with Gasteiger partial charge in [0.25, 0.3) is 0 Å². The fraction of sp³-hybridized carbons (Fsp3) is 0.538. The summed E-state index contributed by atoms with van der Waals surface area (Å²) in [7, 11) is 1.92. The highest BCUT2D eigenvalue weighted by molar-refractivity contribution is 5.21. The number of aliphatic hydroxyl groups excluding tert-OH is 1. The van der Waals surface area contributed by atoms with Gasteiger partial charge in [0.2, 0.25) is 0 Å². The van der Waals surface area contributed by atoms with Crippen molar-refractivity contribution in [3.05, 3.63) is 35.9 Å². The molecule has 0 aliphatic rings. The summed E-state index contributed by atoms with van der Waals surface area (Å²) < 4.78 is 0. The molecule has 0 amide bonds. The number of benzene rings is 1. The Hall–Kier alpha value is -0.860. The third kappa shape index (κ3) is 2.39. The molecular formula is C13H21NO. The molecule has 0 bridgehead atoms. The fourth-order valence-corrected chi connectivity index (χ4v) is 2.08. The maximum Gasteiger partial charge on any atom is 0.0971 e. The lowest BCUT2D eigenvalue weighted by Crippen LogP contribution is -2.47. The summed E-state index contributed by atoms with van der Waals surface area (Å²) in [4.78, 5) is 0. The van der Waals surface area contributed by atoms with Crippen LogP contribution in [0.1, 0.15) is 38.4 Å². The predicted molar refractivity (Wildman–Crippen MR) is 63.8 cm³/mol. The minimum atomic E-state index is -0.446. The first-order chi connectivity index (χ1) is 7.20. The second kappa shape index (κ2) is 5.29. The van der Waals surface area contributed by atoms with E-state index in [2.05, 4.69) is 19.2 Å². The van der Waals surface area contributed by atoms with Crippen LogP contribution in [0.15, 0.2) is 30.3 Å². The summed E-state index contributed by atoms with van der Waals surface area (Å²) in [6, 6.07) is 9.84. The molecule has 1 rings (SSSR count). The van der Waals surface area contributed by atoms with E-state index in [0.717, 1.165) is 18.4 Å². The Kier molecular flexibility index (Phi) is 4.30. The van der Waals surface area contributed by atoms with Crippen molar-refractivity contribution < 1.29 is 5.11 Å². The Labute approximate surface area is 92.3 Å². The Morgan fingerprint density at radius 1 is 1.20 bits per heavy atom. The summed E-state index contributed by atoms with van der Waals surface area (Å²) in [6.07, 6.45) is 1.38. The molecule has 0 aromatic heterocycles. The molecule has 15 heavy (non-hydrogen) atoms. The first-order valence-electron chi connectivity index (χ1n) is 5.62. The molecule has 84 valence electrons. The van der Waals surface area contributed by atoms with Gasteiger partial charge in [0, 0.05) is 5.54 Å². The lowest BCUT2D eigenvalue weighted by atomic mass is 9.83. The van der Waals surface area contributed by atoms with Crippen LogP contribution >= 0.6 is 0 Å². The smallest absolute Gasteiger partial charge is 0.0971 e. The van der Waals surface area contributed by atoms with E-state index in [1.165, 1.54) is 0 Å². The minimum Gasteiger partial charge on any atom is -0.386 e. The Balaban J connectivity index is 2.95. The van der Waals surface area contributed by atoms with Gasteiger partial charge in [-0.05, 0) is 25.5 Å². The van der Waals surface area contributed by atoms with Crippen molar-refractivity contribution in [2.24, 2.45) is 0 Å². The van der Waals surface area contributed by atoms with Crippen LogP contribution < -0.4 is 5.32 Å². The molecule has 1 aromatic rings. The Morgan fingerprint density at radius 3 is 2.13 bits per heavy atom. The number of aliphatic hydroxyl groups is 1. The molecule has 0 radical (unpaired) electrons. The van der Waals surface area contributed by atoms with E-state index in [-0.39, 0.29) is 5.54 Å². The minimum absolute atomic E-state index is 0.207. The van der Waals surface area contributed by atoms with E-state index in [1.807, 2.05) is 37.4 Å². The second-order valence-corrected chi connectivity index (χ2v) is 3.93. The summed E-state index contributed by atoms with van der Waals surface area (Å²) in [5.74, 6) is 0. The third-order valence-electron chi connectivity index (χ3n) is 3.40. The van der Waals surface area contributed by atoms with Crippen LogP contribution in [-0.4, -0.2) is 17.7 Å². The van der Waals surface area contributed by atoms with Crippen LogP contribution in [0, 0.1) is 0 Å². The van der Waals surface area contributed by atoms with E-state index in [0.29, 0.717) is 0 Å². The van der Waals surface area contributed by atoms with Crippen LogP contribution in [0.5, 0.6) is 0 Å². The molecular weight excluding hydrogens is 186 g/mol. The van der Waals surface area contributed by atoms with Gasteiger partial charge in [-0.1, -0.05) is 44.2 Å². The number of hydrogen-bond donors (Lipinski definition) is 2. The molecule has 0 heterocycles. The second-order valence-electron chi connectivity index (χ2n) is 3.93. The number of nitrogens with one attached hydrogen (secondary N) is 1. The highest BCUT2D eigenvalue weighted by Gasteiger charge is 2.33. The molecule has 0 aliphatic heterocycles. The van der Waals surface area contributed by atoms with E-state index >= 15 is 0 Å². The molecule has 0 fully saturated rings. The van der Waals surface area contributed by atoms with Gasteiger partial charge in [-0.3, -0.25) is 0 Å². The van der Waals surface area contributed by atoms with Gasteiger partial charge in [0.1, 0.15) is 0 Å². The maximum atomic E-state index is 10.4. The zero-order valence-electron chi connectivity index (χ0n) is 9.83. The standard InChI is InChI=1S/C13H21NO/c1-4-13(5-2,14-3)12(15)11-9-7-6-8-10-11/h6-10,12,14-15H,4-5H2,1-3H3/t12-/m0/s1. The summed E-state index contributed by atoms with van der Waals surface area (Å²) >= 11 is 0. The molecule has 2 nitrogen and oxygen atoms in total. The lowest BCUT2D eigenvalue weighted by Gasteiger charge is -2.36. The highest BCUT2D eigenvalue weighted by Crippen LogP contribution is 2.31. The van der Waals surface area contributed by atoms with Crippen molar-refractivity contribution in [2.75, 3.05) is 7.05 Å². The van der Waals surface area contributed by atoms with Crippen LogP contribution in [0.3, 0.4) is 0 Å². The number of rotatable bonds is 5. The molecule has 1 aromatic carbocycles. The van der Waals surface area contributed by atoms with Gasteiger partial charge >= 0.3 is 0 Å². The monoisotopic (exact) mass is 207 g/mol. The molecule has 0 spiro atoms. The van der Waals surface area contributed by atoms with Crippen molar-refractivity contribution >= 4 is 0 Å². The van der Waals surface area contributed by atoms with Gasteiger partial charge in [0.05, 0.1) is 6.10 Å². The molecule has 2 N–H and O–H groups in total. The van der Waals surface area contributed by atoms with E-state index in [4.69, 9.17) is 0 Å². The molecule has 0 aliphatic carbocycles. The highest BCUT2D eigenvalue weighted by atomic mass is 16.3. The summed E-state index contributed by atoms with van der Waals surface area (Å²) in [5, 5.41) is 13.6. The Morgan fingerprint density at radius 2 is 1.73 bits per heavy atom. The van der Waals surface area contributed by atoms with Crippen molar-refractivity contribution in [3.8, 4) is 0 Å². The van der Waals surface area contributed by atoms with Crippen LogP contribution in [0.4, 0.5) is 0 Å². The largest absolute Gasteiger partial charge is 0.386 e. The lowest BCUT2D eigenvalue weighted by molar-refractivity contribution is 0.0570. The van der Waals surface area contributed by atoms with Crippen LogP contribution in [-0.2, 0) is 0 Å². The zero-order chi connectivity index (χ0) is 11.3. The number of likely N-dealkylation sites (N-methyl/N-ethyl adjacent to an activating group) is 1. The van der Waals surface area contributed by atoms with E-state index < -0.39 is 6.10 Å². The normalized spacial score (nSPS) is 13.9. The van der Waals surface area contributed by atoms with Crippen molar-refractivity contribution in [3.63, 3.8) is 0 Å².